The highest BCUT2D eigenvalue weighted by atomic mass is 35.5. The van der Waals surface area contributed by atoms with Crippen LogP contribution in [0.15, 0.2) is 54.9 Å². The Morgan fingerprint density at radius 1 is 1.07 bits per heavy atom. The van der Waals surface area contributed by atoms with Crippen LogP contribution in [0.2, 0.25) is 10.0 Å². The highest BCUT2D eigenvalue weighted by molar-refractivity contribution is 7.19. The monoisotopic (exact) mass is 456 g/mol. The lowest BCUT2D eigenvalue weighted by Crippen LogP contribution is -2.16. The lowest BCUT2D eigenvalue weighted by Gasteiger charge is -2.10. The van der Waals surface area contributed by atoms with Gasteiger partial charge in [0.25, 0.3) is 0 Å². The van der Waals surface area contributed by atoms with Gasteiger partial charge in [-0.1, -0.05) is 53.5 Å². The zero-order chi connectivity index (χ0) is 21.1. The van der Waals surface area contributed by atoms with Crippen molar-refractivity contribution < 1.29 is 4.79 Å². The van der Waals surface area contributed by atoms with E-state index in [-0.39, 0.29) is 12.3 Å². The van der Waals surface area contributed by atoms with Crippen molar-refractivity contribution >= 4 is 62.2 Å². The summed E-state index contributed by atoms with van der Waals surface area (Å²) in [7, 11) is 0. The molecule has 0 atom stereocenters. The Morgan fingerprint density at radius 3 is 2.53 bits per heavy atom. The van der Waals surface area contributed by atoms with E-state index < -0.39 is 0 Å². The Kier molecular flexibility index (Phi) is 6.18. The fraction of sp³-hybridized carbons (Fsp3) is 0.136. The average molecular weight is 457 g/mol. The summed E-state index contributed by atoms with van der Waals surface area (Å²) >= 11 is 13.6. The lowest BCUT2D eigenvalue weighted by atomic mass is 10.0. The molecule has 0 fully saturated rings. The van der Waals surface area contributed by atoms with Gasteiger partial charge in [0.1, 0.15) is 17.0 Å². The van der Waals surface area contributed by atoms with Crippen molar-refractivity contribution in [2.45, 2.75) is 13.3 Å². The van der Waals surface area contributed by atoms with Gasteiger partial charge in [0.2, 0.25) is 5.91 Å². The van der Waals surface area contributed by atoms with Crippen LogP contribution >= 0.6 is 34.5 Å². The Bertz CT molecular complexity index is 1190. The summed E-state index contributed by atoms with van der Waals surface area (Å²) in [6.45, 7) is 2.51. The molecule has 8 heteroatoms. The van der Waals surface area contributed by atoms with Gasteiger partial charge in [-0.3, -0.25) is 4.79 Å². The van der Waals surface area contributed by atoms with E-state index in [9.17, 15) is 4.79 Å². The number of nitrogens with one attached hydrogen (secondary N) is 2. The van der Waals surface area contributed by atoms with E-state index in [0.29, 0.717) is 22.3 Å². The number of carbonyl (C=O) groups is 1. The second-order valence-corrected chi connectivity index (χ2v) is 8.76. The van der Waals surface area contributed by atoms with E-state index in [2.05, 4.69) is 39.7 Å². The van der Waals surface area contributed by atoms with E-state index in [1.807, 2.05) is 18.2 Å². The van der Waals surface area contributed by atoms with Crippen LogP contribution in [0.5, 0.6) is 0 Å². The first-order valence-electron chi connectivity index (χ1n) is 9.30. The minimum atomic E-state index is -0.143. The number of aromatic nitrogens is 2. The molecule has 5 nitrogen and oxygen atoms in total. The minimum absolute atomic E-state index is 0.143. The molecule has 1 amide bonds. The Morgan fingerprint density at radius 2 is 1.80 bits per heavy atom. The van der Waals surface area contributed by atoms with Crippen LogP contribution in [-0.2, 0) is 4.79 Å². The van der Waals surface area contributed by atoms with Crippen molar-refractivity contribution in [3.8, 4) is 11.1 Å². The summed E-state index contributed by atoms with van der Waals surface area (Å²) in [5.41, 5.74) is 2.81. The number of benzene rings is 2. The van der Waals surface area contributed by atoms with Gasteiger partial charge < -0.3 is 10.6 Å². The Hall–Kier alpha value is -2.67. The van der Waals surface area contributed by atoms with Gasteiger partial charge in [0.15, 0.2) is 0 Å². The highest BCUT2D eigenvalue weighted by Gasteiger charge is 2.16. The molecule has 30 heavy (non-hydrogen) atoms. The minimum Gasteiger partial charge on any atom is -0.369 e. The molecule has 2 heterocycles. The molecule has 0 unspecified atom stereocenters. The van der Waals surface area contributed by atoms with E-state index in [4.69, 9.17) is 23.2 Å². The van der Waals surface area contributed by atoms with Crippen molar-refractivity contribution in [2.75, 3.05) is 17.2 Å². The van der Waals surface area contributed by atoms with Gasteiger partial charge in [-0.05, 0) is 30.7 Å². The summed E-state index contributed by atoms with van der Waals surface area (Å²) in [4.78, 5) is 23.3. The molecule has 152 valence electrons. The maximum Gasteiger partial charge on any atom is 0.226 e. The summed E-state index contributed by atoms with van der Waals surface area (Å²) in [5, 5.41) is 8.03. The molecular formula is C22H18Cl2N4OS. The lowest BCUT2D eigenvalue weighted by molar-refractivity contribution is -0.115. The van der Waals surface area contributed by atoms with Crippen LogP contribution in [0.4, 0.5) is 11.5 Å². The van der Waals surface area contributed by atoms with Crippen LogP contribution in [0, 0.1) is 6.92 Å². The molecular weight excluding hydrogens is 439 g/mol. The quantitative estimate of drug-likeness (QED) is 0.351. The van der Waals surface area contributed by atoms with E-state index in [1.165, 1.54) is 4.88 Å². The molecule has 2 N–H and O–H groups in total. The molecule has 4 aromatic rings. The number of halogens is 2. The van der Waals surface area contributed by atoms with E-state index in [1.54, 1.807) is 35.9 Å². The molecule has 0 spiro atoms. The third-order valence-corrected chi connectivity index (χ3v) is 5.97. The number of nitrogens with zero attached hydrogens (tertiary/aromatic N) is 2. The number of hydrogen-bond donors (Lipinski definition) is 2. The maximum atomic E-state index is 12.3. The summed E-state index contributed by atoms with van der Waals surface area (Å²) < 4.78 is 0. The molecule has 4 rings (SSSR count). The number of fused-ring (bicyclic) bond motifs is 1. The third kappa shape index (κ3) is 4.56. The largest absolute Gasteiger partial charge is 0.369 e. The van der Waals surface area contributed by atoms with Crippen molar-refractivity contribution in [3.05, 3.63) is 69.8 Å². The smallest absolute Gasteiger partial charge is 0.226 e. The molecule has 2 aromatic heterocycles. The summed E-state index contributed by atoms with van der Waals surface area (Å²) in [5.74, 6) is 0.581. The van der Waals surface area contributed by atoms with Gasteiger partial charge >= 0.3 is 0 Å². The van der Waals surface area contributed by atoms with E-state index >= 15 is 0 Å². The number of thiophene rings is 1. The van der Waals surface area contributed by atoms with E-state index in [0.717, 1.165) is 27.2 Å². The third-order valence-electron chi connectivity index (χ3n) is 4.52. The second-order valence-electron chi connectivity index (χ2n) is 6.68. The van der Waals surface area contributed by atoms with Crippen LogP contribution in [0.1, 0.15) is 11.3 Å². The van der Waals surface area contributed by atoms with Crippen LogP contribution in [0.25, 0.3) is 21.3 Å². The molecule has 2 aromatic carbocycles. The first-order valence-corrected chi connectivity index (χ1v) is 10.9. The molecule has 0 radical (unpaired) electrons. The predicted octanol–water partition coefficient (Wildman–Crippen LogP) is 6.41. The van der Waals surface area contributed by atoms with Crippen LogP contribution in [-0.4, -0.2) is 22.4 Å². The molecule has 0 aliphatic carbocycles. The van der Waals surface area contributed by atoms with Crippen molar-refractivity contribution in [3.63, 3.8) is 0 Å². The normalized spacial score (nSPS) is 10.9. The van der Waals surface area contributed by atoms with Crippen LogP contribution < -0.4 is 10.6 Å². The number of hydrogen-bond acceptors (Lipinski definition) is 5. The number of rotatable bonds is 6. The zero-order valence-corrected chi connectivity index (χ0v) is 18.4. The molecule has 0 bridgehead atoms. The van der Waals surface area contributed by atoms with Gasteiger partial charge in [-0.25, -0.2) is 9.97 Å². The first kappa shape index (κ1) is 20.6. The fourth-order valence-electron chi connectivity index (χ4n) is 3.27. The topological polar surface area (TPSA) is 66.9 Å². The Balaban J connectivity index is 1.50. The highest BCUT2D eigenvalue weighted by Crippen LogP contribution is 2.40. The second kappa shape index (κ2) is 9.00. The standard InChI is InChI=1S/C22H18Cl2N4OS/c1-13-19(14-5-3-2-4-6-14)20-21(26-12-27-22(20)30-13)25-8-7-18(29)28-17-10-15(23)9-16(24)11-17/h2-6,9-12H,7-8H2,1H3,(H,28,29)(H,25,26,27). The molecule has 0 aliphatic heterocycles. The average Bonchev–Trinajstić information content (AvgIpc) is 3.04. The number of amides is 1. The fourth-order valence-corrected chi connectivity index (χ4v) is 4.81. The molecule has 0 saturated heterocycles. The molecule has 0 saturated carbocycles. The SMILES string of the molecule is Cc1sc2ncnc(NCCC(=O)Nc3cc(Cl)cc(Cl)c3)c2c1-c1ccccc1. The maximum absolute atomic E-state index is 12.3. The number of anilines is 2. The number of carbonyl (C=O) groups excluding carboxylic acids is 1. The van der Waals surface area contributed by atoms with Crippen molar-refractivity contribution in [1.29, 1.82) is 0 Å². The van der Waals surface area contributed by atoms with Gasteiger partial charge in [-0.15, -0.1) is 11.3 Å². The van der Waals surface area contributed by atoms with Crippen LogP contribution in [0.3, 0.4) is 0 Å². The number of aryl methyl sites for hydroxylation is 1. The first-order chi connectivity index (χ1) is 14.5. The Labute approximate surface area is 188 Å². The molecule has 0 aliphatic rings. The zero-order valence-electron chi connectivity index (χ0n) is 16.1. The summed E-state index contributed by atoms with van der Waals surface area (Å²) in [6.07, 6.45) is 1.81. The predicted molar refractivity (Wildman–Crippen MR) is 126 cm³/mol. The summed E-state index contributed by atoms with van der Waals surface area (Å²) in [6, 6.07) is 15.1. The van der Waals surface area contributed by atoms with Gasteiger partial charge in [-0.2, -0.15) is 0 Å². The van der Waals surface area contributed by atoms with Crippen molar-refractivity contribution in [2.24, 2.45) is 0 Å². The van der Waals surface area contributed by atoms with Gasteiger partial charge in [0, 0.05) is 39.1 Å². The van der Waals surface area contributed by atoms with Crippen molar-refractivity contribution in [1.82, 2.24) is 9.97 Å². The van der Waals surface area contributed by atoms with Gasteiger partial charge in [0.05, 0.1) is 5.39 Å².